The number of nitrogens with zero attached hydrogens (tertiary/aromatic N) is 3. The van der Waals surface area contributed by atoms with Crippen molar-refractivity contribution in [3.63, 3.8) is 0 Å². The second kappa shape index (κ2) is 11.9. The number of esters is 1. The molecule has 0 aromatic carbocycles. The Kier molecular flexibility index (Phi) is 8.59. The van der Waals surface area contributed by atoms with Crippen LogP contribution in [0.3, 0.4) is 0 Å². The summed E-state index contributed by atoms with van der Waals surface area (Å²) in [5.41, 5.74) is 4.22. The highest BCUT2D eigenvalue weighted by Crippen LogP contribution is 2.41. The first-order valence-electron chi connectivity index (χ1n) is 13.7. The lowest BCUT2D eigenvalue weighted by atomic mass is 9.88. The van der Waals surface area contributed by atoms with Crippen LogP contribution in [0.15, 0.2) is 10.5 Å². The molecule has 0 saturated carbocycles. The number of thioether (sulfide) groups is 1. The summed E-state index contributed by atoms with van der Waals surface area (Å²) in [4.78, 5) is 28.6. The first-order valence-corrected chi connectivity index (χ1v) is 16.3. The van der Waals surface area contributed by atoms with Gasteiger partial charge in [-0.05, 0) is 74.8 Å². The fraction of sp³-hybridized carbons (Fsp3) is 0.571. The van der Waals surface area contributed by atoms with E-state index in [9.17, 15) is 9.59 Å². The number of hydrogen-bond acceptors (Lipinski definition) is 8. The molecule has 0 spiro atoms. The summed E-state index contributed by atoms with van der Waals surface area (Å²) in [5.74, 6) is 1.92. The van der Waals surface area contributed by atoms with E-state index in [1.54, 1.807) is 6.92 Å². The number of ether oxygens (including phenoxy) is 1. The summed E-state index contributed by atoms with van der Waals surface area (Å²) >= 11 is 4.76. The molecule has 0 aliphatic heterocycles. The first kappa shape index (κ1) is 27.4. The minimum Gasteiger partial charge on any atom is -0.462 e. The molecule has 10 heteroatoms. The predicted molar refractivity (Wildman–Crippen MR) is 156 cm³/mol. The van der Waals surface area contributed by atoms with E-state index in [0.717, 1.165) is 67.5 Å². The van der Waals surface area contributed by atoms with Gasteiger partial charge in [-0.3, -0.25) is 4.79 Å². The van der Waals surface area contributed by atoms with Crippen LogP contribution in [0.5, 0.6) is 0 Å². The summed E-state index contributed by atoms with van der Waals surface area (Å²) < 4.78 is 7.51. The Labute approximate surface area is 236 Å². The van der Waals surface area contributed by atoms with Crippen molar-refractivity contribution in [3.05, 3.63) is 31.8 Å². The summed E-state index contributed by atoms with van der Waals surface area (Å²) in [6.45, 7) is 9.62. The van der Waals surface area contributed by atoms with Gasteiger partial charge in [0.1, 0.15) is 5.00 Å². The average molecular weight is 573 g/mol. The van der Waals surface area contributed by atoms with Crippen molar-refractivity contribution in [3.8, 4) is 11.4 Å². The highest BCUT2D eigenvalue weighted by atomic mass is 32.2. The number of fused-ring (bicyclic) bond motifs is 2. The van der Waals surface area contributed by atoms with Gasteiger partial charge in [0, 0.05) is 27.2 Å². The second-order valence-corrected chi connectivity index (χ2v) is 13.5. The van der Waals surface area contributed by atoms with Crippen molar-refractivity contribution in [1.82, 2.24) is 14.8 Å². The minimum absolute atomic E-state index is 0.151. The summed E-state index contributed by atoms with van der Waals surface area (Å²) in [7, 11) is 0. The minimum atomic E-state index is -0.344. The zero-order valence-electron chi connectivity index (χ0n) is 22.6. The predicted octanol–water partition coefficient (Wildman–Crippen LogP) is 6.64. The van der Waals surface area contributed by atoms with Crippen LogP contribution in [0.25, 0.3) is 11.4 Å². The zero-order chi connectivity index (χ0) is 26.8. The maximum Gasteiger partial charge on any atom is 0.341 e. The van der Waals surface area contributed by atoms with Crippen LogP contribution in [0.1, 0.15) is 78.2 Å². The van der Waals surface area contributed by atoms with Gasteiger partial charge in [0.25, 0.3) is 0 Å². The molecule has 5 rings (SSSR count). The average Bonchev–Trinajstić information content (AvgIpc) is 3.57. The molecule has 2 aliphatic carbocycles. The van der Waals surface area contributed by atoms with Crippen LogP contribution < -0.4 is 5.32 Å². The number of carbonyl (C=O) groups is 2. The SMILES string of the molecule is CCCn1c(SCC(=O)Nc2sc3c(c2C(=O)OCC)CCC(C)C3)nnc1-c1csc2c1CCC(C)C2. The van der Waals surface area contributed by atoms with E-state index in [0.29, 0.717) is 23.1 Å². The van der Waals surface area contributed by atoms with Crippen molar-refractivity contribution in [2.45, 2.75) is 84.3 Å². The van der Waals surface area contributed by atoms with E-state index in [4.69, 9.17) is 4.74 Å². The van der Waals surface area contributed by atoms with Gasteiger partial charge >= 0.3 is 5.97 Å². The molecule has 2 atom stereocenters. The Bertz CT molecular complexity index is 1330. The number of amides is 1. The number of rotatable bonds is 9. The summed E-state index contributed by atoms with van der Waals surface area (Å²) in [5, 5.41) is 15.7. The third-order valence-electron chi connectivity index (χ3n) is 7.38. The van der Waals surface area contributed by atoms with Gasteiger partial charge in [-0.15, -0.1) is 32.9 Å². The second-order valence-electron chi connectivity index (χ2n) is 10.5. The van der Waals surface area contributed by atoms with E-state index >= 15 is 0 Å². The molecular formula is C28H36N4O3S3. The van der Waals surface area contributed by atoms with Gasteiger partial charge in [0.2, 0.25) is 5.91 Å². The number of aromatic nitrogens is 3. The summed E-state index contributed by atoms with van der Waals surface area (Å²) in [6, 6.07) is 0. The van der Waals surface area contributed by atoms with Gasteiger partial charge < -0.3 is 14.6 Å². The molecule has 0 saturated heterocycles. The molecule has 0 bridgehead atoms. The van der Waals surface area contributed by atoms with Crippen LogP contribution in [-0.4, -0.2) is 39.0 Å². The fourth-order valence-electron chi connectivity index (χ4n) is 5.44. The standard InChI is InChI=1S/C28H36N4O3S3/c1-5-11-32-25(20-14-36-21-12-16(3)7-9-18(20)21)30-31-28(32)37-15-23(33)29-26-24(27(34)35-6-2)19-10-8-17(4)13-22(19)38-26/h14,16-17H,5-13,15H2,1-4H3,(H,29,33). The van der Waals surface area contributed by atoms with E-state index in [-0.39, 0.29) is 17.6 Å². The molecule has 204 valence electrons. The van der Waals surface area contributed by atoms with Gasteiger partial charge in [0.15, 0.2) is 11.0 Å². The highest BCUT2D eigenvalue weighted by Gasteiger charge is 2.29. The lowest BCUT2D eigenvalue weighted by Crippen LogP contribution is -2.18. The van der Waals surface area contributed by atoms with Crippen LogP contribution >= 0.6 is 34.4 Å². The van der Waals surface area contributed by atoms with Crippen molar-refractivity contribution in [1.29, 1.82) is 0 Å². The Morgan fingerprint density at radius 3 is 2.58 bits per heavy atom. The molecule has 0 fully saturated rings. The quantitative estimate of drug-likeness (QED) is 0.229. The maximum atomic E-state index is 13.1. The molecule has 0 radical (unpaired) electrons. The van der Waals surface area contributed by atoms with Crippen LogP contribution in [0.2, 0.25) is 0 Å². The number of anilines is 1. The lowest BCUT2D eigenvalue weighted by Gasteiger charge is -2.19. The molecular weight excluding hydrogens is 537 g/mol. The summed E-state index contributed by atoms with van der Waals surface area (Å²) in [6.07, 6.45) is 7.22. The topological polar surface area (TPSA) is 86.1 Å². The smallest absolute Gasteiger partial charge is 0.341 e. The third kappa shape index (κ3) is 5.58. The molecule has 1 amide bonds. The molecule has 38 heavy (non-hydrogen) atoms. The van der Waals surface area contributed by atoms with Gasteiger partial charge in [0.05, 0.1) is 17.9 Å². The van der Waals surface area contributed by atoms with Crippen molar-refractivity contribution < 1.29 is 14.3 Å². The Morgan fingerprint density at radius 1 is 1.11 bits per heavy atom. The van der Waals surface area contributed by atoms with Gasteiger partial charge in [-0.25, -0.2) is 4.79 Å². The van der Waals surface area contributed by atoms with E-state index < -0.39 is 0 Å². The first-order chi connectivity index (χ1) is 18.4. The van der Waals surface area contributed by atoms with E-state index in [2.05, 4.69) is 46.2 Å². The number of thiophene rings is 2. The maximum absolute atomic E-state index is 13.1. The normalized spacial score (nSPS) is 18.6. The lowest BCUT2D eigenvalue weighted by molar-refractivity contribution is -0.113. The van der Waals surface area contributed by atoms with E-state index in [1.165, 1.54) is 50.4 Å². The number of nitrogens with one attached hydrogen (secondary N) is 1. The Morgan fingerprint density at radius 2 is 1.84 bits per heavy atom. The molecule has 7 nitrogen and oxygen atoms in total. The largest absolute Gasteiger partial charge is 0.462 e. The van der Waals surface area contributed by atoms with Crippen LogP contribution in [-0.2, 0) is 41.8 Å². The number of carbonyl (C=O) groups excluding carboxylic acids is 2. The van der Waals surface area contributed by atoms with E-state index in [1.807, 2.05) is 11.3 Å². The molecule has 3 aromatic heterocycles. The van der Waals surface area contributed by atoms with Crippen molar-refractivity contribution >= 4 is 51.3 Å². The van der Waals surface area contributed by atoms with Crippen LogP contribution in [0.4, 0.5) is 5.00 Å². The molecule has 2 aliphatic rings. The van der Waals surface area contributed by atoms with Crippen molar-refractivity contribution in [2.24, 2.45) is 11.8 Å². The van der Waals surface area contributed by atoms with Gasteiger partial charge in [-0.1, -0.05) is 32.5 Å². The Hall–Kier alpha value is -2.17. The fourth-order valence-corrected chi connectivity index (χ4v) is 8.86. The zero-order valence-corrected chi connectivity index (χ0v) is 25.0. The third-order valence-corrected chi connectivity index (χ3v) is 10.6. The highest BCUT2D eigenvalue weighted by molar-refractivity contribution is 7.99. The van der Waals surface area contributed by atoms with Crippen LogP contribution in [0, 0.1) is 11.8 Å². The molecule has 3 heterocycles. The Balaban J connectivity index is 1.32. The van der Waals surface area contributed by atoms with Crippen molar-refractivity contribution in [2.75, 3.05) is 17.7 Å². The van der Waals surface area contributed by atoms with Gasteiger partial charge in [-0.2, -0.15) is 0 Å². The molecule has 1 N–H and O–H groups in total. The number of hydrogen-bond donors (Lipinski definition) is 1. The monoisotopic (exact) mass is 572 g/mol. The molecule has 3 aromatic rings. The molecule has 2 unspecified atom stereocenters.